The van der Waals surface area contributed by atoms with Crippen LogP contribution in [0.1, 0.15) is 53.4 Å². The number of carbonyl (C=O) groups excluding carboxylic acids is 1. The van der Waals surface area contributed by atoms with Crippen LogP contribution in [0.5, 0.6) is 0 Å². The molecule has 18 heavy (non-hydrogen) atoms. The van der Waals surface area contributed by atoms with Crippen molar-refractivity contribution in [3.63, 3.8) is 0 Å². The zero-order chi connectivity index (χ0) is 13.8. The van der Waals surface area contributed by atoms with Gasteiger partial charge in [0.2, 0.25) is 5.91 Å². The van der Waals surface area contributed by atoms with E-state index in [1.165, 1.54) is 6.42 Å². The third-order valence-electron chi connectivity index (χ3n) is 4.48. The molecule has 0 heterocycles. The molecule has 2 fully saturated rings. The Hall–Kier alpha value is 0.430. The monoisotopic (exact) mass is 379 g/mol. The molecule has 0 aromatic rings. The Morgan fingerprint density at radius 2 is 1.78 bits per heavy atom. The molecule has 0 aliphatic heterocycles. The Bertz CT molecular complexity index is 367. The van der Waals surface area contributed by atoms with E-state index in [2.05, 4.69) is 57.9 Å². The van der Waals surface area contributed by atoms with Crippen LogP contribution in [0.3, 0.4) is 0 Å². The van der Waals surface area contributed by atoms with Gasteiger partial charge in [0.05, 0.1) is 8.65 Å². The average molecular weight is 381 g/mol. The third-order valence-corrected chi connectivity index (χ3v) is 6.79. The Balaban J connectivity index is 1.96. The Morgan fingerprint density at radius 3 is 2.22 bits per heavy atom. The van der Waals surface area contributed by atoms with E-state index >= 15 is 0 Å². The maximum absolute atomic E-state index is 12.4. The van der Waals surface area contributed by atoms with Crippen molar-refractivity contribution >= 4 is 37.8 Å². The fraction of sp³-hybridized carbons (Fsp3) is 0.929. The van der Waals surface area contributed by atoms with E-state index in [1.807, 2.05) is 6.92 Å². The van der Waals surface area contributed by atoms with Crippen LogP contribution in [0.2, 0.25) is 0 Å². The molecule has 0 unspecified atom stereocenters. The standard InChI is InChI=1S/C14H23Br2NO/c1-9-5-10(7-12(2,3)6-9)17-11(18)13(4)8-14(13,15)16/h9-10H,5-8H2,1-4H3,(H,17,18)/t9-,10-,13+/m1/s1. The summed E-state index contributed by atoms with van der Waals surface area (Å²) >= 11 is 7.13. The highest BCUT2D eigenvalue weighted by Gasteiger charge is 2.66. The van der Waals surface area contributed by atoms with Gasteiger partial charge < -0.3 is 5.32 Å². The summed E-state index contributed by atoms with van der Waals surface area (Å²) < 4.78 is -0.188. The van der Waals surface area contributed by atoms with Gasteiger partial charge >= 0.3 is 0 Å². The fourth-order valence-electron chi connectivity index (χ4n) is 3.45. The Labute approximate surface area is 127 Å². The molecule has 0 aromatic carbocycles. The van der Waals surface area contributed by atoms with Gasteiger partial charge in [-0.2, -0.15) is 0 Å². The summed E-state index contributed by atoms with van der Waals surface area (Å²) in [5.74, 6) is 0.884. The van der Waals surface area contributed by atoms with Crippen LogP contribution >= 0.6 is 31.9 Å². The summed E-state index contributed by atoms with van der Waals surface area (Å²) in [6.45, 7) is 8.92. The smallest absolute Gasteiger partial charge is 0.228 e. The van der Waals surface area contributed by atoms with Gasteiger partial charge in [-0.3, -0.25) is 4.79 Å². The first-order chi connectivity index (χ1) is 8.06. The van der Waals surface area contributed by atoms with E-state index in [0.29, 0.717) is 17.4 Å². The summed E-state index contributed by atoms with van der Waals surface area (Å²) in [6.07, 6.45) is 4.33. The maximum atomic E-state index is 12.4. The molecule has 3 atom stereocenters. The van der Waals surface area contributed by atoms with Gasteiger partial charge in [-0.25, -0.2) is 0 Å². The fourth-order valence-corrected chi connectivity index (χ4v) is 4.93. The van der Waals surface area contributed by atoms with Crippen molar-refractivity contribution in [3.05, 3.63) is 0 Å². The predicted octanol–water partition coefficient (Wildman–Crippen LogP) is 4.21. The van der Waals surface area contributed by atoms with Crippen molar-refractivity contribution < 1.29 is 4.79 Å². The van der Waals surface area contributed by atoms with Crippen LogP contribution < -0.4 is 5.32 Å². The van der Waals surface area contributed by atoms with E-state index in [0.717, 1.165) is 19.3 Å². The van der Waals surface area contributed by atoms with Crippen LogP contribution in [0.15, 0.2) is 0 Å². The van der Waals surface area contributed by atoms with Crippen molar-refractivity contribution in [2.75, 3.05) is 0 Å². The first kappa shape index (κ1) is 14.8. The number of amides is 1. The molecule has 0 bridgehead atoms. The summed E-state index contributed by atoms with van der Waals surface area (Å²) in [4.78, 5) is 12.4. The van der Waals surface area contributed by atoms with Crippen LogP contribution in [0, 0.1) is 16.7 Å². The van der Waals surface area contributed by atoms with Gasteiger partial charge in [0.1, 0.15) is 0 Å². The minimum Gasteiger partial charge on any atom is -0.353 e. The molecule has 4 heteroatoms. The first-order valence-electron chi connectivity index (χ1n) is 6.75. The second kappa shape index (κ2) is 4.47. The van der Waals surface area contributed by atoms with Crippen LogP contribution in [-0.4, -0.2) is 15.2 Å². The second-order valence-corrected chi connectivity index (χ2v) is 11.1. The molecule has 104 valence electrons. The predicted molar refractivity (Wildman–Crippen MR) is 82.0 cm³/mol. The van der Waals surface area contributed by atoms with Crippen LogP contribution in [0.25, 0.3) is 0 Å². The highest BCUT2D eigenvalue weighted by molar-refractivity contribution is 9.25. The van der Waals surface area contributed by atoms with Crippen molar-refractivity contribution in [3.8, 4) is 0 Å². The van der Waals surface area contributed by atoms with E-state index in [9.17, 15) is 4.79 Å². The first-order valence-corrected chi connectivity index (χ1v) is 8.33. The molecular weight excluding hydrogens is 358 g/mol. The summed E-state index contributed by atoms with van der Waals surface area (Å²) in [6, 6.07) is 0.337. The van der Waals surface area contributed by atoms with Gasteiger partial charge in [0, 0.05) is 6.04 Å². The molecule has 1 amide bonds. The van der Waals surface area contributed by atoms with Crippen molar-refractivity contribution in [1.29, 1.82) is 0 Å². The average Bonchev–Trinajstić information content (AvgIpc) is 2.63. The highest BCUT2D eigenvalue weighted by Crippen LogP contribution is 2.66. The second-order valence-electron chi connectivity index (χ2n) is 7.30. The molecule has 1 N–H and O–H groups in total. The van der Waals surface area contributed by atoms with Gasteiger partial charge in [-0.1, -0.05) is 52.6 Å². The minimum atomic E-state index is -0.294. The number of nitrogens with one attached hydrogen (secondary N) is 1. The summed E-state index contributed by atoms with van der Waals surface area (Å²) in [7, 11) is 0. The summed E-state index contributed by atoms with van der Waals surface area (Å²) in [5.41, 5.74) is 0.0534. The number of hydrogen-bond donors (Lipinski definition) is 1. The number of hydrogen-bond acceptors (Lipinski definition) is 1. The molecule has 0 radical (unpaired) electrons. The van der Waals surface area contributed by atoms with Crippen molar-refractivity contribution in [1.82, 2.24) is 5.32 Å². The lowest BCUT2D eigenvalue weighted by molar-refractivity contribution is -0.127. The number of halogens is 2. The molecular formula is C14H23Br2NO. The normalized spacial score (nSPS) is 41.2. The molecule has 0 spiro atoms. The van der Waals surface area contributed by atoms with E-state index in [1.54, 1.807) is 0 Å². The minimum absolute atomic E-state index is 0.186. The van der Waals surface area contributed by atoms with Gasteiger partial charge in [-0.05, 0) is 43.9 Å². The maximum Gasteiger partial charge on any atom is 0.228 e. The lowest BCUT2D eigenvalue weighted by Crippen LogP contribution is -2.46. The third kappa shape index (κ3) is 2.79. The number of rotatable bonds is 2. The molecule has 2 nitrogen and oxygen atoms in total. The van der Waals surface area contributed by atoms with Crippen molar-refractivity contribution in [2.24, 2.45) is 16.7 Å². The highest BCUT2D eigenvalue weighted by atomic mass is 79.9. The molecule has 2 rings (SSSR count). The number of alkyl halides is 2. The Morgan fingerprint density at radius 1 is 1.22 bits per heavy atom. The molecule has 0 saturated heterocycles. The SMILES string of the molecule is C[C@@H]1C[C@@H](NC(=O)[C@]2(C)CC2(Br)Br)CC(C)(C)C1. The zero-order valence-corrected chi connectivity index (χ0v) is 14.8. The Kier molecular flexibility index (Phi) is 3.69. The quantitative estimate of drug-likeness (QED) is 0.714. The summed E-state index contributed by atoms with van der Waals surface area (Å²) in [5, 5.41) is 3.26. The van der Waals surface area contributed by atoms with E-state index in [4.69, 9.17) is 0 Å². The topological polar surface area (TPSA) is 29.1 Å². The van der Waals surface area contributed by atoms with Crippen LogP contribution in [-0.2, 0) is 4.79 Å². The lowest BCUT2D eigenvalue weighted by Gasteiger charge is -2.39. The van der Waals surface area contributed by atoms with Crippen LogP contribution in [0.4, 0.5) is 0 Å². The molecule has 2 aliphatic rings. The lowest BCUT2D eigenvalue weighted by atomic mass is 9.70. The molecule has 2 aliphatic carbocycles. The molecule has 2 saturated carbocycles. The van der Waals surface area contributed by atoms with E-state index in [-0.39, 0.29) is 14.6 Å². The van der Waals surface area contributed by atoms with Gasteiger partial charge in [0.25, 0.3) is 0 Å². The number of carbonyl (C=O) groups is 1. The van der Waals surface area contributed by atoms with Gasteiger partial charge in [-0.15, -0.1) is 0 Å². The van der Waals surface area contributed by atoms with Gasteiger partial charge in [0.15, 0.2) is 0 Å². The van der Waals surface area contributed by atoms with E-state index < -0.39 is 0 Å². The zero-order valence-electron chi connectivity index (χ0n) is 11.6. The molecule has 0 aromatic heterocycles. The van der Waals surface area contributed by atoms with Crippen molar-refractivity contribution in [2.45, 2.75) is 62.7 Å². The largest absolute Gasteiger partial charge is 0.353 e.